The Kier molecular flexibility index (Phi) is 4.83. The van der Waals surface area contributed by atoms with Crippen LogP contribution in [0.15, 0.2) is 54.6 Å². The molecule has 2 aromatic carbocycles. The lowest BCUT2D eigenvalue weighted by Gasteiger charge is -2.21. The van der Waals surface area contributed by atoms with E-state index >= 15 is 0 Å². The van der Waals surface area contributed by atoms with E-state index in [9.17, 15) is 14.9 Å². The van der Waals surface area contributed by atoms with E-state index in [4.69, 9.17) is 5.26 Å². The molecule has 2 aromatic rings. The first-order valence-corrected chi connectivity index (χ1v) is 6.62. The van der Waals surface area contributed by atoms with E-state index < -0.39 is 4.92 Å². The van der Waals surface area contributed by atoms with Gasteiger partial charge < -0.3 is 4.90 Å². The van der Waals surface area contributed by atoms with Crippen LogP contribution in [0.3, 0.4) is 0 Å². The summed E-state index contributed by atoms with van der Waals surface area (Å²) in [5, 5.41) is 19.6. The van der Waals surface area contributed by atoms with Crippen LogP contribution in [0.5, 0.6) is 0 Å². The minimum Gasteiger partial charge on any atom is -0.307 e. The quantitative estimate of drug-likeness (QED) is 0.626. The molecule has 0 saturated carbocycles. The molecule has 6 heteroatoms. The van der Waals surface area contributed by atoms with Crippen molar-refractivity contribution in [3.05, 3.63) is 70.3 Å². The van der Waals surface area contributed by atoms with Gasteiger partial charge >= 0.3 is 0 Å². The molecule has 0 fully saturated rings. The van der Waals surface area contributed by atoms with E-state index in [1.807, 2.05) is 12.1 Å². The molecule has 0 saturated heterocycles. The Bertz CT molecular complexity index is 723. The number of benzene rings is 2. The van der Waals surface area contributed by atoms with Crippen molar-refractivity contribution < 1.29 is 9.72 Å². The van der Waals surface area contributed by atoms with Crippen molar-refractivity contribution in [3.63, 3.8) is 0 Å². The lowest BCUT2D eigenvalue weighted by Crippen LogP contribution is -2.31. The first-order chi connectivity index (χ1) is 10.6. The highest BCUT2D eigenvalue weighted by molar-refractivity contribution is 6.06. The Hall–Kier alpha value is -3.20. The summed E-state index contributed by atoms with van der Waals surface area (Å²) in [7, 11) is 0. The molecule has 0 aliphatic heterocycles. The lowest BCUT2D eigenvalue weighted by molar-refractivity contribution is -0.384. The molecule has 0 aromatic heterocycles. The van der Waals surface area contributed by atoms with Gasteiger partial charge in [-0.25, -0.2) is 0 Å². The maximum atomic E-state index is 12.6. The number of nitrogens with zero attached hydrogens (tertiary/aromatic N) is 3. The Morgan fingerprint density at radius 1 is 1.18 bits per heavy atom. The molecule has 0 aliphatic carbocycles. The number of anilines is 1. The van der Waals surface area contributed by atoms with Crippen LogP contribution >= 0.6 is 0 Å². The second-order valence-corrected chi connectivity index (χ2v) is 4.51. The summed E-state index contributed by atoms with van der Waals surface area (Å²) in [6, 6.07) is 16.5. The summed E-state index contributed by atoms with van der Waals surface area (Å²) >= 11 is 0. The number of para-hydroxylation sites is 1. The summed E-state index contributed by atoms with van der Waals surface area (Å²) in [6.45, 7) is 0.224. The molecule has 0 bridgehead atoms. The molecule has 6 nitrogen and oxygen atoms in total. The van der Waals surface area contributed by atoms with Gasteiger partial charge in [0.15, 0.2) is 0 Å². The van der Waals surface area contributed by atoms with Gasteiger partial charge in [-0.2, -0.15) is 5.26 Å². The minimum absolute atomic E-state index is 0.140. The number of nitro benzene ring substituents is 1. The lowest BCUT2D eigenvalue weighted by atomic mass is 10.1. The van der Waals surface area contributed by atoms with Crippen LogP contribution in [0.1, 0.15) is 16.8 Å². The number of rotatable bonds is 5. The smallest absolute Gasteiger partial charge is 0.270 e. The number of amides is 1. The predicted octanol–water partition coefficient (Wildman–Crippen LogP) is 3.16. The van der Waals surface area contributed by atoms with E-state index in [0.29, 0.717) is 5.69 Å². The third kappa shape index (κ3) is 3.46. The predicted molar refractivity (Wildman–Crippen MR) is 81.4 cm³/mol. The number of nitro groups is 1. The van der Waals surface area contributed by atoms with Crippen LogP contribution in [0, 0.1) is 21.4 Å². The largest absolute Gasteiger partial charge is 0.307 e. The second-order valence-electron chi connectivity index (χ2n) is 4.51. The maximum Gasteiger partial charge on any atom is 0.270 e. The van der Waals surface area contributed by atoms with Crippen molar-refractivity contribution in [2.45, 2.75) is 6.42 Å². The third-order valence-electron chi connectivity index (χ3n) is 3.06. The number of carbonyl (C=O) groups excluding carboxylic acids is 1. The van der Waals surface area contributed by atoms with Gasteiger partial charge in [0.05, 0.1) is 17.4 Å². The highest BCUT2D eigenvalue weighted by Gasteiger charge is 2.19. The minimum atomic E-state index is -0.543. The zero-order valence-corrected chi connectivity index (χ0v) is 11.7. The highest BCUT2D eigenvalue weighted by atomic mass is 16.6. The molecule has 0 atom stereocenters. The molecule has 0 aliphatic rings. The Morgan fingerprint density at radius 3 is 2.55 bits per heavy atom. The van der Waals surface area contributed by atoms with Crippen molar-refractivity contribution in [1.29, 1.82) is 5.26 Å². The van der Waals surface area contributed by atoms with Crippen LogP contribution in [-0.2, 0) is 0 Å². The van der Waals surface area contributed by atoms with E-state index in [1.54, 1.807) is 24.3 Å². The summed E-state index contributed by atoms with van der Waals surface area (Å²) < 4.78 is 0. The molecule has 0 spiro atoms. The Balaban J connectivity index is 2.35. The highest BCUT2D eigenvalue weighted by Crippen LogP contribution is 2.20. The molecule has 1 amide bonds. The van der Waals surface area contributed by atoms with Crippen LogP contribution < -0.4 is 4.90 Å². The standard InChI is InChI=1S/C16H13N3O3/c17-10-5-11-18(14-7-2-1-3-8-14)16(20)13-6-4-9-15(12-13)19(21)22/h1-4,6-9,12H,5,11H2. The third-order valence-corrected chi connectivity index (χ3v) is 3.06. The van der Waals surface area contributed by atoms with Crippen LogP contribution in [0.25, 0.3) is 0 Å². The summed E-state index contributed by atoms with van der Waals surface area (Å²) in [4.78, 5) is 24.3. The number of hydrogen-bond acceptors (Lipinski definition) is 4. The van der Waals surface area contributed by atoms with E-state index in [-0.39, 0.29) is 30.1 Å². The molecule has 110 valence electrons. The molecular formula is C16H13N3O3. The van der Waals surface area contributed by atoms with Crippen molar-refractivity contribution >= 4 is 17.3 Å². The van der Waals surface area contributed by atoms with E-state index in [1.165, 1.54) is 29.2 Å². The van der Waals surface area contributed by atoms with Gasteiger partial charge in [-0.1, -0.05) is 24.3 Å². The normalized spacial score (nSPS) is 9.77. The van der Waals surface area contributed by atoms with Crippen molar-refractivity contribution in [2.24, 2.45) is 0 Å². The van der Waals surface area contributed by atoms with Gasteiger partial charge in [0.1, 0.15) is 0 Å². The van der Waals surface area contributed by atoms with Gasteiger partial charge in [-0.15, -0.1) is 0 Å². The van der Waals surface area contributed by atoms with Gasteiger partial charge in [-0.05, 0) is 18.2 Å². The van der Waals surface area contributed by atoms with Gasteiger partial charge in [0.2, 0.25) is 0 Å². The summed E-state index contributed by atoms with van der Waals surface area (Å²) in [5.41, 5.74) is 0.726. The monoisotopic (exact) mass is 295 g/mol. The van der Waals surface area contributed by atoms with Crippen molar-refractivity contribution in [2.75, 3.05) is 11.4 Å². The Morgan fingerprint density at radius 2 is 1.91 bits per heavy atom. The fourth-order valence-corrected chi connectivity index (χ4v) is 2.03. The maximum absolute atomic E-state index is 12.6. The molecular weight excluding hydrogens is 282 g/mol. The average Bonchev–Trinajstić information content (AvgIpc) is 2.56. The van der Waals surface area contributed by atoms with E-state index in [0.717, 1.165) is 0 Å². The van der Waals surface area contributed by atoms with Crippen molar-refractivity contribution in [1.82, 2.24) is 0 Å². The summed E-state index contributed by atoms with van der Waals surface area (Å²) in [6.07, 6.45) is 0.176. The molecule has 2 rings (SSSR count). The fraction of sp³-hybridized carbons (Fsp3) is 0.125. The van der Waals surface area contributed by atoms with Gasteiger partial charge in [0, 0.05) is 29.9 Å². The SMILES string of the molecule is N#CCCN(C(=O)c1cccc([N+](=O)[O-])c1)c1ccccc1. The Labute approximate surface area is 127 Å². The first kappa shape index (κ1) is 15.2. The molecule has 22 heavy (non-hydrogen) atoms. The van der Waals surface area contributed by atoms with Crippen LogP contribution in [0.4, 0.5) is 11.4 Å². The van der Waals surface area contributed by atoms with Gasteiger partial charge in [0.25, 0.3) is 11.6 Å². The zero-order valence-electron chi connectivity index (χ0n) is 11.7. The molecule has 0 radical (unpaired) electrons. The molecule has 0 N–H and O–H groups in total. The second kappa shape index (κ2) is 6.99. The van der Waals surface area contributed by atoms with Crippen LogP contribution in [-0.4, -0.2) is 17.4 Å². The van der Waals surface area contributed by atoms with Crippen LogP contribution in [0.2, 0.25) is 0 Å². The topological polar surface area (TPSA) is 87.2 Å². The number of hydrogen-bond donors (Lipinski definition) is 0. The fourth-order valence-electron chi connectivity index (χ4n) is 2.03. The van der Waals surface area contributed by atoms with E-state index in [2.05, 4.69) is 0 Å². The number of nitriles is 1. The first-order valence-electron chi connectivity index (χ1n) is 6.62. The number of non-ortho nitro benzene ring substituents is 1. The van der Waals surface area contributed by atoms with Gasteiger partial charge in [-0.3, -0.25) is 14.9 Å². The molecule has 0 unspecified atom stereocenters. The average molecular weight is 295 g/mol. The zero-order chi connectivity index (χ0) is 15.9. The molecule has 0 heterocycles. The summed E-state index contributed by atoms with van der Waals surface area (Å²) in [5.74, 6) is -0.370. The van der Waals surface area contributed by atoms with Crippen molar-refractivity contribution in [3.8, 4) is 6.07 Å². The number of carbonyl (C=O) groups is 1.